The van der Waals surface area contributed by atoms with Gasteiger partial charge in [-0.2, -0.15) is 0 Å². The number of rotatable bonds is 7. The number of aliphatic hydroxyl groups is 9. The van der Waals surface area contributed by atoms with Crippen LogP contribution < -0.4 is 5.32 Å². The molecule has 0 aliphatic carbocycles. The molecule has 0 aromatic rings. The van der Waals surface area contributed by atoms with Crippen LogP contribution >= 0.6 is 0 Å². The first-order valence-electron chi connectivity index (χ1n) is 7.09. The lowest BCUT2D eigenvalue weighted by Crippen LogP contribution is -2.64. The van der Waals surface area contributed by atoms with Gasteiger partial charge in [0.2, 0.25) is 0 Å². The van der Waals surface area contributed by atoms with Crippen LogP contribution in [0.3, 0.4) is 0 Å². The van der Waals surface area contributed by atoms with Crippen molar-refractivity contribution < 1.29 is 55.5 Å². The zero-order valence-corrected chi connectivity index (χ0v) is 12.5. The fourth-order valence-electron chi connectivity index (χ4n) is 2.12. The molecule has 9 atom stereocenters. The number of hydrogen-bond donors (Lipinski definition) is 10. The highest BCUT2D eigenvalue weighted by Gasteiger charge is 2.45. The number of carbonyl (C=O) groups is 1. The van der Waals surface area contributed by atoms with Gasteiger partial charge in [-0.25, -0.2) is 0 Å². The summed E-state index contributed by atoms with van der Waals surface area (Å²) in [6.07, 6.45) is -16.4. The van der Waals surface area contributed by atoms with Gasteiger partial charge in [-0.1, -0.05) is 0 Å². The van der Waals surface area contributed by atoms with Crippen molar-refractivity contribution in [2.45, 2.75) is 55.1 Å². The molecule has 1 saturated heterocycles. The van der Waals surface area contributed by atoms with Gasteiger partial charge < -0.3 is 56.0 Å². The van der Waals surface area contributed by atoms with Crippen LogP contribution in [0.25, 0.3) is 0 Å². The third-order valence-electron chi connectivity index (χ3n) is 3.70. The summed E-state index contributed by atoms with van der Waals surface area (Å²) in [6, 6.07) is 0. The van der Waals surface area contributed by atoms with Gasteiger partial charge in [0.05, 0.1) is 13.2 Å². The maximum absolute atomic E-state index is 11.8. The Bertz CT molecular complexity index is 408. The lowest BCUT2D eigenvalue weighted by molar-refractivity contribution is -0.237. The highest BCUT2D eigenvalue weighted by molar-refractivity contribution is 5.81. The van der Waals surface area contributed by atoms with Crippen LogP contribution in [0.1, 0.15) is 0 Å². The molecular weight excluding hydrogens is 334 g/mol. The minimum atomic E-state index is -2.27. The summed E-state index contributed by atoms with van der Waals surface area (Å²) in [5.74, 6) is -1.34. The summed E-state index contributed by atoms with van der Waals surface area (Å²) >= 11 is 0. The normalized spacial score (nSPS) is 35.8. The molecule has 1 rings (SSSR count). The Labute approximate surface area is 136 Å². The average molecular weight is 357 g/mol. The molecule has 0 aromatic carbocycles. The topological polar surface area (TPSA) is 220 Å². The first-order valence-corrected chi connectivity index (χ1v) is 7.09. The van der Waals surface area contributed by atoms with Crippen LogP contribution in [0.5, 0.6) is 0 Å². The van der Waals surface area contributed by atoms with E-state index < -0.39 is 74.2 Å². The molecule has 24 heavy (non-hydrogen) atoms. The van der Waals surface area contributed by atoms with Crippen LogP contribution in [-0.2, 0) is 9.53 Å². The largest absolute Gasteiger partial charge is 0.394 e. The van der Waals surface area contributed by atoms with Crippen LogP contribution in [-0.4, -0.2) is 120 Å². The molecule has 1 aliphatic rings. The fourth-order valence-corrected chi connectivity index (χ4v) is 2.12. The molecule has 0 saturated carbocycles. The molecule has 0 bridgehead atoms. The standard InChI is InChI=1S/C12H23NO11/c14-1-3(16)5(17)7(19)9(21)11(23)13-12-10(22)8(20)6(18)4(2-15)24-12/h3-10,12,14-22H,1-2H2,(H,13,23)/t3-,4-,5-,6-,7+,8+,9-,10-,12+/m1/s1. The Morgan fingerprint density at radius 3 is 2.04 bits per heavy atom. The van der Waals surface area contributed by atoms with Crippen LogP contribution in [0.15, 0.2) is 0 Å². The summed E-state index contributed by atoms with van der Waals surface area (Å²) in [5.41, 5.74) is 0. The second kappa shape index (κ2) is 8.96. The van der Waals surface area contributed by atoms with Gasteiger partial charge in [0.25, 0.3) is 5.91 Å². The monoisotopic (exact) mass is 357 g/mol. The second-order valence-corrected chi connectivity index (χ2v) is 5.43. The molecule has 1 amide bonds. The molecule has 12 heteroatoms. The zero-order chi connectivity index (χ0) is 18.6. The number of nitrogens with one attached hydrogen (secondary N) is 1. The lowest BCUT2D eigenvalue weighted by atomic mass is 9.98. The van der Waals surface area contributed by atoms with Gasteiger partial charge in [0.1, 0.15) is 42.7 Å². The molecule has 10 N–H and O–H groups in total. The first-order chi connectivity index (χ1) is 11.1. The minimum Gasteiger partial charge on any atom is -0.394 e. The maximum Gasteiger partial charge on any atom is 0.253 e. The van der Waals surface area contributed by atoms with Crippen molar-refractivity contribution in [1.29, 1.82) is 0 Å². The van der Waals surface area contributed by atoms with E-state index in [9.17, 15) is 35.4 Å². The Kier molecular flexibility index (Phi) is 7.88. The Hall–Kier alpha value is -0.930. The molecule has 0 aromatic heterocycles. The number of hydrogen-bond acceptors (Lipinski definition) is 11. The highest BCUT2D eigenvalue weighted by Crippen LogP contribution is 2.20. The van der Waals surface area contributed by atoms with Gasteiger partial charge >= 0.3 is 0 Å². The van der Waals surface area contributed by atoms with E-state index in [0.717, 1.165) is 0 Å². The molecule has 1 heterocycles. The van der Waals surface area contributed by atoms with Gasteiger partial charge in [0, 0.05) is 0 Å². The van der Waals surface area contributed by atoms with E-state index in [1.54, 1.807) is 0 Å². The molecule has 0 spiro atoms. The zero-order valence-electron chi connectivity index (χ0n) is 12.5. The van der Waals surface area contributed by atoms with Crippen molar-refractivity contribution in [3.63, 3.8) is 0 Å². The fraction of sp³-hybridized carbons (Fsp3) is 0.917. The van der Waals surface area contributed by atoms with E-state index in [1.165, 1.54) is 0 Å². The number of carbonyl (C=O) groups excluding carboxylic acids is 1. The van der Waals surface area contributed by atoms with Gasteiger partial charge in [0.15, 0.2) is 12.3 Å². The van der Waals surface area contributed by atoms with Crippen molar-refractivity contribution in [2.75, 3.05) is 13.2 Å². The summed E-state index contributed by atoms with van der Waals surface area (Å²) in [7, 11) is 0. The van der Waals surface area contributed by atoms with Gasteiger partial charge in [-0.3, -0.25) is 4.79 Å². The SMILES string of the molecule is O=C(N[C@H]1O[C@H](CO)[C@@H](O)[C@H](O)[C@H]1O)[C@H](O)[C@@H](O)[C@H](O)[C@H](O)CO. The Balaban J connectivity index is 2.71. The van der Waals surface area contributed by atoms with Gasteiger partial charge in [-0.05, 0) is 0 Å². The Morgan fingerprint density at radius 2 is 1.54 bits per heavy atom. The smallest absolute Gasteiger partial charge is 0.253 e. The van der Waals surface area contributed by atoms with Crippen LogP contribution in [0, 0.1) is 0 Å². The highest BCUT2D eigenvalue weighted by atomic mass is 16.6. The van der Waals surface area contributed by atoms with E-state index in [4.69, 9.17) is 20.1 Å². The van der Waals surface area contributed by atoms with E-state index in [1.807, 2.05) is 5.32 Å². The number of aliphatic hydroxyl groups excluding tert-OH is 9. The quantitative estimate of drug-likeness (QED) is 0.206. The average Bonchev–Trinajstić information content (AvgIpc) is 2.59. The van der Waals surface area contributed by atoms with Crippen LogP contribution in [0.2, 0.25) is 0 Å². The predicted octanol–water partition coefficient (Wildman–Crippen LogP) is -6.66. The summed E-state index contributed by atoms with van der Waals surface area (Å²) in [4.78, 5) is 11.8. The van der Waals surface area contributed by atoms with Crippen molar-refractivity contribution in [2.24, 2.45) is 0 Å². The molecule has 142 valence electrons. The predicted molar refractivity (Wildman–Crippen MR) is 73.0 cm³/mol. The third-order valence-corrected chi connectivity index (χ3v) is 3.70. The maximum atomic E-state index is 11.8. The molecule has 0 radical (unpaired) electrons. The summed E-state index contributed by atoms with van der Waals surface area (Å²) in [5, 5.41) is 86.3. The second-order valence-electron chi connectivity index (χ2n) is 5.43. The van der Waals surface area contributed by atoms with Crippen molar-refractivity contribution in [1.82, 2.24) is 5.32 Å². The minimum absolute atomic E-state index is 0.732. The van der Waals surface area contributed by atoms with Gasteiger partial charge in [-0.15, -0.1) is 0 Å². The van der Waals surface area contributed by atoms with Crippen molar-refractivity contribution in [3.8, 4) is 0 Å². The number of ether oxygens (including phenoxy) is 1. The summed E-state index contributed by atoms with van der Waals surface area (Å²) in [6.45, 7) is -1.66. The van der Waals surface area contributed by atoms with Crippen LogP contribution in [0.4, 0.5) is 0 Å². The molecule has 1 aliphatic heterocycles. The first kappa shape index (κ1) is 21.1. The lowest BCUT2D eigenvalue weighted by Gasteiger charge is -2.40. The van der Waals surface area contributed by atoms with E-state index >= 15 is 0 Å². The third kappa shape index (κ3) is 4.58. The summed E-state index contributed by atoms with van der Waals surface area (Å²) < 4.78 is 4.97. The molecular formula is C12H23NO11. The van der Waals surface area contributed by atoms with E-state index in [0.29, 0.717) is 0 Å². The molecule has 12 nitrogen and oxygen atoms in total. The molecule has 1 fully saturated rings. The van der Waals surface area contributed by atoms with Crippen molar-refractivity contribution >= 4 is 5.91 Å². The Morgan fingerprint density at radius 1 is 0.958 bits per heavy atom. The van der Waals surface area contributed by atoms with E-state index in [-0.39, 0.29) is 0 Å². The van der Waals surface area contributed by atoms with E-state index in [2.05, 4.69) is 0 Å². The van der Waals surface area contributed by atoms with Crippen molar-refractivity contribution in [3.05, 3.63) is 0 Å². The number of amides is 1. The molecule has 0 unspecified atom stereocenters.